The summed E-state index contributed by atoms with van der Waals surface area (Å²) in [5.41, 5.74) is 2.40. The van der Waals surface area contributed by atoms with E-state index in [0.29, 0.717) is 11.8 Å². The van der Waals surface area contributed by atoms with Crippen LogP contribution in [0.25, 0.3) is 0 Å². The molecule has 5 saturated carbocycles. The molecule has 27 heavy (non-hydrogen) atoms. The zero-order valence-electron chi connectivity index (χ0n) is 15.8. The molecule has 5 aliphatic carbocycles. The maximum atomic E-state index is 13.4. The van der Waals surface area contributed by atoms with Crippen molar-refractivity contribution in [2.45, 2.75) is 62.6 Å². The van der Waals surface area contributed by atoms with E-state index in [0.717, 1.165) is 49.0 Å². The number of carbonyl (C=O) groups is 2. The zero-order valence-corrected chi connectivity index (χ0v) is 17.4. The van der Waals surface area contributed by atoms with Gasteiger partial charge in [0.15, 0.2) is 0 Å². The Balaban J connectivity index is 1.35. The van der Waals surface area contributed by atoms with Gasteiger partial charge in [-0.05, 0) is 87.8 Å². The van der Waals surface area contributed by atoms with Crippen molar-refractivity contribution in [3.8, 4) is 0 Å². The van der Waals surface area contributed by atoms with Crippen LogP contribution in [-0.4, -0.2) is 16.1 Å². The van der Waals surface area contributed by atoms with E-state index in [-0.39, 0.29) is 27.5 Å². The molecular weight excluding hydrogens is 404 g/mol. The van der Waals surface area contributed by atoms with Gasteiger partial charge >= 0.3 is 0 Å². The molecule has 0 heterocycles. The van der Waals surface area contributed by atoms with Crippen molar-refractivity contribution in [3.05, 3.63) is 23.8 Å². The number of carbonyl (C=O) groups excluding carboxylic acids is 2. The molecule has 144 valence electrons. The second-order valence-corrected chi connectivity index (χ2v) is 11.3. The summed E-state index contributed by atoms with van der Waals surface area (Å²) in [6.45, 7) is 2.01. The van der Waals surface area contributed by atoms with Crippen molar-refractivity contribution < 1.29 is 9.59 Å². The second kappa shape index (κ2) is 6.07. The van der Waals surface area contributed by atoms with Crippen molar-refractivity contribution >= 4 is 39.1 Å². The monoisotopic (exact) mass is 430 g/mol. The number of aryl methyl sites for hydroxylation is 1. The maximum absolute atomic E-state index is 13.4. The number of hydrogen-bond donors (Lipinski definition) is 2. The Morgan fingerprint density at radius 3 is 2.41 bits per heavy atom. The van der Waals surface area contributed by atoms with Crippen molar-refractivity contribution in [1.29, 1.82) is 0 Å². The van der Waals surface area contributed by atoms with Crippen LogP contribution in [0.2, 0.25) is 0 Å². The van der Waals surface area contributed by atoms with Gasteiger partial charge in [-0.2, -0.15) is 0 Å². The first-order chi connectivity index (χ1) is 12.8. The Hall–Kier alpha value is -1.36. The number of benzene rings is 1. The predicted molar refractivity (Wildman–Crippen MR) is 110 cm³/mol. The molecule has 5 heteroatoms. The van der Waals surface area contributed by atoms with E-state index in [1.165, 1.54) is 19.3 Å². The number of hydrogen-bond acceptors (Lipinski definition) is 2. The largest absolute Gasteiger partial charge is 0.326 e. The number of alkyl halides is 1. The second-order valence-electron chi connectivity index (χ2n) is 9.64. The summed E-state index contributed by atoms with van der Waals surface area (Å²) in [5, 5.41) is 6.22. The Morgan fingerprint density at radius 1 is 1.07 bits per heavy atom. The smallest absolute Gasteiger partial charge is 0.230 e. The van der Waals surface area contributed by atoms with E-state index in [4.69, 9.17) is 0 Å². The van der Waals surface area contributed by atoms with Crippen LogP contribution in [0, 0.1) is 30.1 Å². The first-order valence-corrected chi connectivity index (χ1v) is 11.1. The van der Waals surface area contributed by atoms with Crippen LogP contribution in [0.1, 0.15) is 56.9 Å². The van der Waals surface area contributed by atoms with E-state index < -0.39 is 0 Å². The highest BCUT2D eigenvalue weighted by molar-refractivity contribution is 9.10. The van der Waals surface area contributed by atoms with Crippen molar-refractivity contribution in [1.82, 2.24) is 0 Å². The van der Waals surface area contributed by atoms with Gasteiger partial charge in [0.25, 0.3) is 0 Å². The number of nitrogens with one attached hydrogen (secondary N) is 2. The number of rotatable bonds is 4. The highest BCUT2D eigenvalue weighted by Crippen LogP contribution is 2.64. The van der Waals surface area contributed by atoms with Gasteiger partial charge in [0.2, 0.25) is 11.8 Å². The minimum absolute atomic E-state index is 0.0958. The third-order valence-corrected chi connectivity index (χ3v) is 8.10. The van der Waals surface area contributed by atoms with Gasteiger partial charge in [-0.1, -0.05) is 22.0 Å². The molecular formula is C22H27BrN2O2. The van der Waals surface area contributed by atoms with Gasteiger partial charge in [-0.3, -0.25) is 9.59 Å². The topological polar surface area (TPSA) is 58.2 Å². The fourth-order valence-electron chi connectivity index (χ4n) is 6.10. The van der Waals surface area contributed by atoms with E-state index >= 15 is 0 Å². The molecule has 2 amide bonds. The lowest BCUT2D eigenvalue weighted by Gasteiger charge is -2.59. The lowest BCUT2D eigenvalue weighted by atomic mass is 9.49. The minimum atomic E-state index is -0.229. The molecule has 0 radical (unpaired) electrons. The highest BCUT2D eigenvalue weighted by atomic mass is 79.9. The van der Waals surface area contributed by atoms with E-state index in [9.17, 15) is 9.59 Å². The molecule has 0 saturated heterocycles. The summed E-state index contributed by atoms with van der Waals surface area (Å²) in [5.74, 6) is 1.81. The zero-order chi connectivity index (χ0) is 18.8. The molecule has 5 fully saturated rings. The Kier molecular flexibility index (Phi) is 3.98. The molecule has 4 nitrogen and oxygen atoms in total. The van der Waals surface area contributed by atoms with Gasteiger partial charge in [0.1, 0.15) is 0 Å². The van der Waals surface area contributed by atoms with Gasteiger partial charge in [-0.15, -0.1) is 0 Å². The van der Waals surface area contributed by atoms with Crippen molar-refractivity contribution in [3.63, 3.8) is 0 Å². The predicted octanol–water partition coefficient (Wildman–Crippen LogP) is 5.02. The van der Waals surface area contributed by atoms with E-state index in [1.807, 2.05) is 25.1 Å². The van der Waals surface area contributed by atoms with E-state index in [1.54, 1.807) is 0 Å². The van der Waals surface area contributed by atoms with Crippen LogP contribution >= 0.6 is 15.9 Å². The van der Waals surface area contributed by atoms with Gasteiger partial charge in [0.05, 0.1) is 5.41 Å². The van der Waals surface area contributed by atoms with Gasteiger partial charge in [0, 0.05) is 21.6 Å². The highest BCUT2D eigenvalue weighted by Gasteiger charge is 2.59. The average Bonchev–Trinajstić information content (AvgIpc) is 3.40. The van der Waals surface area contributed by atoms with Crippen LogP contribution in [0.4, 0.5) is 11.4 Å². The van der Waals surface area contributed by atoms with Gasteiger partial charge < -0.3 is 10.6 Å². The molecule has 2 unspecified atom stereocenters. The van der Waals surface area contributed by atoms with Crippen LogP contribution < -0.4 is 10.6 Å². The van der Waals surface area contributed by atoms with Crippen molar-refractivity contribution in [2.75, 3.05) is 10.6 Å². The normalized spacial score (nSPS) is 36.5. The molecule has 6 rings (SSSR count). The van der Waals surface area contributed by atoms with Crippen LogP contribution in [-0.2, 0) is 9.59 Å². The molecule has 2 N–H and O–H groups in total. The first-order valence-electron chi connectivity index (χ1n) is 10.3. The molecule has 0 aliphatic heterocycles. The lowest BCUT2D eigenvalue weighted by Crippen LogP contribution is -2.57. The molecule has 2 atom stereocenters. The molecule has 1 aromatic carbocycles. The molecule has 1 aromatic rings. The quantitative estimate of drug-likeness (QED) is 0.658. The first kappa shape index (κ1) is 17.7. The number of anilines is 2. The average molecular weight is 431 g/mol. The summed E-state index contributed by atoms with van der Waals surface area (Å²) in [6.07, 6.45) is 8.72. The van der Waals surface area contributed by atoms with Crippen LogP contribution in [0.15, 0.2) is 18.2 Å². The fourth-order valence-corrected chi connectivity index (χ4v) is 7.55. The maximum Gasteiger partial charge on any atom is 0.230 e. The Bertz CT molecular complexity index is 803. The SMILES string of the molecule is Cc1ccc(NC(=O)C2CC2)cc1NC(=O)C12CC3CC(CC(Br)(C3)C1)C2. The fraction of sp³-hybridized carbons (Fsp3) is 0.636. The minimum Gasteiger partial charge on any atom is -0.326 e. The Morgan fingerprint density at radius 2 is 1.78 bits per heavy atom. The number of halogens is 1. The Labute approximate surface area is 169 Å². The third kappa shape index (κ3) is 3.22. The molecule has 0 spiro atoms. The number of amides is 2. The lowest BCUT2D eigenvalue weighted by molar-refractivity contribution is -0.138. The molecule has 4 bridgehead atoms. The summed E-state index contributed by atoms with van der Waals surface area (Å²) >= 11 is 3.99. The molecule has 5 aliphatic rings. The van der Waals surface area contributed by atoms with Crippen molar-refractivity contribution in [2.24, 2.45) is 23.2 Å². The summed E-state index contributed by atoms with van der Waals surface area (Å²) in [4.78, 5) is 25.4. The third-order valence-electron chi connectivity index (χ3n) is 7.17. The molecule has 0 aromatic heterocycles. The standard InChI is InChI=1S/C22H27BrN2O2/c1-13-2-5-17(24-19(26)16-3-4-16)7-18(13)25-20(27)21-8-14-6-15(9-21)11-22(23,10-14)12-21/h2,5,7,14-16H,3-4,6,8-12H2,1H3,(H,24,26)(H,25,27). The van der Waals surface area contributed by atoms with Gasteiger partial charge in [-0.25, -0.2) is 0 Å². The van der Waals surface area contributed by atoms with Crippen LogP contribution in [0.3, 0.4) is 0 Å². The van der Waals surface area contributed by atoms with Crippen LogP contribution in [0.5, 0.6) is 0 Å². The summed E-state index contributed by atoms with van der Waals surface area (Å²) in [7, 11) is 0. The van der Waals surface area contributed by atoms with E-state index in [2.05, 4.69) is 26.6 Å². The summed E-state index contributed by atoms with van der Waals surface area (Å²) < 4.78 is 0.170. The summed E-state index contributed by atoms with van der Waals surface area (Å²) in [6, 6.07) is 5.81.